The highest BCUT2D eigenvalue weighted by molar-refractivity contribution is 14.1. The van der Waals surface area contributed by atoms with Gasteiger partial charge in [0.05, 0.1) is 12.2 Å². The quantitative estimate of drug-likeness (QED) is 0.731. The molecule has 0 aliphatic carbocycles. The molecule has 1 N–H and O–H groups in total. The molecule has 0 aliphatic rings. The lowest BCUT2D eigenvalue weighted by molar-refractivity contribution is 0.597. The van der Waals surface area contributed by atoms with E-state index < -0.39 is 0 Å². The summed E-state index contributed by atoms with van der Waals surface area (Å²) in [5.41, 5.74) is 2.39. The highest BCUT2D eigenvalue weighted by Gasteiger charge is 2.18. The first-order chi connectivity index (χ1) is 9.65. The first-order valence-electron chi connectivity index (χ1n) is 6.86. The molecule has 1 unspecified atom stereocenters. The van der Waals surface area contributed by atoms with Crippen LogP contribution in [0.5, 0.6) is 0 Å². The second kappa shape index (κ2) is 7.43. The average molecular weight is 404 g/mol. The van der Waals surface area contributed by atoms with Crippen LogP contribution in [-0.2, 0) is 6.54 Å². The van der Waals surface area contributed by atoms with Crippen molar-refractivity contribution < 1.29 is 0 Å². The summed E-state index contributed by atoms with van der Waals surface area (Å²) in [4.78, 5) is 0. The molecule has 20 heavy (non-hydrogen) atoms. The van der Waals surface area contributed by atoms with Crippen LogP contribution in [0, 0.1) is 3.57 Å². The molecular weight excluding hydrogens is 385 g/mol. The highest BCUT2D eigenvalue weighted by atomic mass is 127. The topological polar surface area (TPSA) is 29.9 Å². The number of hydrogen-bond donors (Lipinski definition) is 1. The first-order valence-corrected chi connectivity index (χ1v) is 8.32. The molecule has 1 aromatic heterocycles. The fourth-order valence-electron chi connectivity index (χ4n) is 2.23. The van der Waals surface area contributed by atoms with E-state index in [0.717, 1.165) is 24.5 Å². The Morgan fingerprint density at radius 1 is 1.40 bits per heavy atom. The number of hydrogen-bond acceptors (Lipinski definition) is 2. The van der Waals surface area contributed by atoms with Crippen molar-refractivity contribution in [3.05, 3.63) is 50.3 Å². The molecule has 0 saturated carbocycles. The maximum atomic E-state index is 6.15. The molecule has 5 heteroatoms. The van der Waals surface area contributed by atoms with Crippen LogP contribution in [0.15, 0.2) is 30.6 Å². The molecule has 1 heterocycles. The predicted octanol–water partition coefficient (Wildman–Crippen LogP) is 4.25. The standard InChI is InChI=1S/C15H19ClIN3/c1-3-7-20-10-11(9-19-20)15(18-4-2)13-8-12(16)5-6-14(13)17/h5-6,8-10,15,18H,3-4,7H2,1-2H3. The Kier molecular flexibility index (Phi) is 5.86. The molecule has 0 radical (unpaired) electrons. The van der Waals surface area contributed by atoms with Gasteiger partial charge in [0.2, 0.25) is 0 Å². The van der Waals surface area contributed by atoms with Crippen LogP contribution in [0.2, 0.25) is 5.02 Å². The SMILES string of the molecule is CCCn1cc(C(NCC)c2cc(Cl)ccc2I)cn1. The smallest absolute Gasteiger partial charge is 0.0618 e. The summed E-state index contributed by atoms with van der Waals surface area (Å²) < 4.78 is 3.21. The normalized spacial score (nSPS) is 12.6. The van der Waals surface area contributed by atoms with E-state index in [1.54, 1.807) is 0 Å². The van der Waals surface area contributed by atoms with Gasteiger partial charge in [0.1, 0.15) is 0 Å². The molecule has 0 saturated heterocycles. The van der Waals surface area contributed by atoms with Crippen LogP contribution in [0.25, 0.3) is 0 Å². The van der Waals surface area contributed by atoms with Gasteiger partial charge in [0.15, 0.2) is 0 Å². The van der Waals surface area contributed by atoms with E-state index in [-0.39, 0.29) is 6.04 Å². The lowest BCUT2D eigenvalue weighted by Gasteiger charge is -2.18. The summed E-state index contributed by atoms with van der Waals surface area (Å²) in [7, 11) is 0. The number of rotatable bonds is 6. The molecular formula is C15H19ClIN3. The Bertz CT molecular complexity index is 568. The van der Waals surface area contributed by atoms with E-state index in [1.807, 2.05) is 23.0 Å². The summed E-state index contributed by atoms with van der Waals surface area (Å²) >= 11 is 8.51. The van der Waals surface area contributed by atoms with Gasteiger partial charge in [-0.25, -0.2) is 0 Å². The van der Waals surface area contributed by atoms with Crippen molar-refractivity contribution in [1.82, 2.24) is 15.1 Å². The second-order valence-corrected chi connectivity index (χ2v) is 6.29. The first kappa shape index (κ1) is 15.8. The number of nitrogens with one attached hydrogen (secondary N) is 1. The van der Waals surface area contributed by atoms with Crippen molar-refractivity contribution in [2.75, 3.05) is 6.54 Å². The number of nitrogens with zero attached hydrogens (tertiary/aromatic N) is 2. The Morgan fingerprint density at radius 2 is 2.20 bits per heavy atom. The van der Waals surface area contributed by atoms with Gasteiger partial charge in [0, 0.05) is 26.9 Å². The minimum absolute atomic E-state index is 0.135. The molecule has 1 atom stereocenters. The summed E-state index contributed by atoms with van der Waals surface area (Å²) in [6.45, 7) is 6.11. The zero-order valence-corrected chi connectivity index (χ0v) is 14.6. The van der Waals surface area contributed by atoms with E-state index >= 15 is 0 Å². The Morgan fingerprint density at radius 3 is 2.90 bits per heavy atom. The minimum Gasteiger partial charge on any atom is -0.306 e. The molecule has 0 spiro atoms. The average Bonchev–Trinajstić information content (AvgIpc) is 2.88. The molecule has 108 valence electrons. The lowest BCUT2D eigenvalue weighted by atomic mass is 10.0. The van der Waals surface area contributed by atoms with Gasteiger partial charge < -0.3 is 5.32 Å². The third-order valence-electron chi connectivity index (χ3n) is 3.12. The molecule has 0 fully saturated rings. The summed E-state index contributed by atoms with van der Waals surface area (Å²) in [5, 5.41) is 8.72. The van der Waals surface area contributed by atoms with Crippen LogP contribution in [-0.4, -0.2) is 16.3 Å². The van der Waals surface area contributed by atoms with E-state index in [4.69, 9.17) is 11.6 Å². The second-order valence-electron chi connectivity index (χ2n) is 4.69. The van der Waals surface area contributed by atoms with Crippen LogP contribution < -0.4 is 5.32 Å². The lowest BCUT2D eigenvalue weighted by Crippen LogP contribution is -2.22. The van der Waals surface area contributed by atoms with Gasteiger partial charge in [-0.3, -0.25) is 4.68 Å². The maximum Gasteiger partial charge on any atom is 0.0618 e. The number of benzene rings is 1. The number of aromatic nitrogens is 2. The molecule has 1 aromatic carbocycles. The van der Waals surface area contributed by atoms with E-state index in [2.05, 4.69) is 59.1 Å². The van der Waals surface area contributed by atoms with Gasteiger partial charge in [-0.1, -0.05) is 25.4 Å². The summed E-state index contributed by atoms with van der Waals surface area (Å²) in [6.07, 6.45) is 5.15. The molecule has 3 nitrogen and oxygen atoms in total. The Hall–Kier alpha value is -0.590. The largest absolute Gasteiger partial charge is 0.306 e. The van der Waals surface area contributed by atoms with Crippen molar-refractivity contribution in [1.29, 1.82) is 0 Å². The van der Waals surface area contributed by atoms with Crippen LogP contribution in [0.1, 0.15) is 37.4 Å². The van der Waals surface area contributed by atoms with Gasteiger partial charge in [0.25, 0.3) is 0 Å². The van der Waals surface area contributed by atoms with Crippen molar-refractivity contribution >= 4 is 34.2 Å². The zero-order valence-electron chi connectivity index (χ0n) is 11.7. The van der Waals surface area contributed by atoms with Crippen LogP contribution in [0.4, 0.5) is 0 Å². The monoisotopic (exact) mass is 403 g/mol. The van der Waals surface area contributed by atoms with Crippen LogP contribution >= 0.6 is 34.2 Å². The number of halogens is 2. The highest BCUT2D eigenvalue weighted by Crippen LogP contribution is 2.28. The Balaban J connectivity index is 2.36. The fourth-order valence-corrected chi connectivity index (χ4v) is 3.05. The third-order valence-corrected chi connectivity index (χ3v) is 4.33. The van der Waals surface area contributed by atoms with Crippen molar-refractivity contribution in [2.24, 2.45) is 0 Å². The molecule has 0 amide bonds. The Labute approximate surface area is 138 Å². The molecule has 0 aliphatic heterocycles. The predicted molar refractivity (Wildman–Crippen MR) is 92.2 cm³/mol. The maximum absolute atomic E-state index is 6.15. The zero-order chi connectivity index (χ0) is 14.5. The van der Waals surface area contributed by atoms with Crippen molar-refractivity contribution in [2.45, 2.75) is 32.9 Å². The van der Waals surface area contributed by atoms with Gasteiger partial charge >= 0.3 is 0 Å². The van der Waals surface area contributed by atoms with Gasteiger partial charge in [-0.05, 0) is 59.3 Å². The fraction of sp³-hybridized carbons (Fsp3) is 0.400. The van der Waals surface area contributed by atoms with E-state index in [1.165, 1.54) is 14.7 Å². The minimum atomic E-state index is 0.135. The van der Waals surface area contributed by atoms with Crippen LogP contribution in [0.3, 0.4) is 0 Å². The van der Waals surface area contributed by atoms with Gasteiger partial charge in [-0.2, -0.15) is 5.10 Å². The van der Waals surface area contributed by atoms with Crippen molar-refractivity contribution in [3.8, 4) is 0 Å². The summed E-state index contributed by atoms with van der Waals surface area (Å²) in [6, 6.07) is 6.15. The van der Waals surface area contributed by atoms with Crippen molar-refractivity contribution in [3.63, 3.8) is 0 Å². The van der Waals surface area contributed by atoms with Gasteiger partial charge in [-0.15, -0.1) is 0 Å². The third kappa shape index (κ3) is 3.74. The molecule has 2 aromatic rings. The van der Waals surface area contributed by atoms with E-state index in [0.29, 0.717) is 0 Å². The number of aryl methyl sites for hydroxylation is 1. The molecule has 2 rings (SSSR count). The van der Waals surface area contributed by atoms with E-state index in [9.17, 15) is 0 Å². The molecule has 0 bridgehead atoms. The summed E-state index contributed by atoms with van der Waals surface area (Å²) in [5.74, 6) is 0.